The van der Waals surface area contributed by atoms with Gasteiger partial charge in [-0.25, -0.2) is 10.9 Å². The van der Waals surface area contributed by atoms with Gasteiger partial charge in [0.2, 0.25) is 5.75 Å². The van der Waals surface area contributed by atoms with Crippen LogP contribution in [0, 0.1) is 0 Å². The second-order valence-electron chi connectivity index (χ2n) is 6.05. The van der Waals surface area contributed by atoms with Crippen molar-refractivity contribution >= 4 is 0 Å². The third-order valence-corrected chi connectivity index (χ3v) is 4.70. The minimum atomic E-state index is -0.243. The first kappa shape index (κ1) is 18.3. The monoisotopic (exact) mass is 359 g/mol. The van der Waals surface area contributed by atoms with Crippen LogP contribution in [-0.4, -0.2) is 34.6 Å². The van der Waals surface area contributed by atoms with E-state index in [1.165, 1.54) is 0 Å². The van der Waals surface area contributed by atoms with E-state index in [0.29, 0.717) is 17.2 Å². The summed E-state index contributed by atoms with van der Waals surface area (Å²) >= 11 is 0. The van der Waals surface area contributed by atoms with Gasteiger partial charge in [0.25, 0.3) is 0 Å². The molecule has 26 heavy (non-hydrogen) atoms. The molecule has 0 aromatic heterocycles. The Hall–Kier alpha value is -2.48. The van der Waals surface area contributed by atoms with Crippen LogP contribution in [0.4, 0.5) is 0 Å². The van der Waals surface area contributed by atoms with Gasteiger partial charge in [0.15, 0.2) is 11.5 Å². The van der Waals surface area contributed by atoms with Crippen molar-refractivity contribution in [3.8, 4) is 23.0 Å². The standard InChI is InChI=1S/C19H25N3O4/c1-23-13-7-5-11(6-8-13)16-17(21-22-19(16)20)12-9-14(24-2)18(26-4)15(10-12)25-3/h5-10,16-17,19,21-22H,20H2,1-4H3. The van der Waals surface area contributed by atoms with E-state index in [1.807, 2.05) is 36.4 Å². The molecule has 0 bridgehead atoms. The Kier molecular flexibility index (Phi) is 5.51. The SMILES string of the molecule is COc1ccc(C2C(N)NNC2c2cc(OC)c(OC)c(OC)c2)cc1. The first-order valence-corrected chi connectivity index (χ1v) is 8.33. The van der Waals surface area contributed by atoms with E-state index >= 15 is 0 Å². The molecule has 140 valence electrons. The van der Waals surface area contributed by atoms with Crippen molar-refractivity contribution in [1.29, 1.82) is 0 Å². The lowest BCUT2D eigenvalue weighted by molar-refractivity contribution is 0.323. The van der Waals surface area contributed by atoms with Gasteiger partial charge in [-0.2, -0.15) is 0 Å². The molecule has 7 heteroatoms. The molecule has 1 heterocycles. The molecule has 1 fully saturated rings. The van der Waals surface area contributed by atoms with Gasteiger partial charge in [0, 0.05) is 5.92 Å². The van der Waals surface area contributed by atoms with Crippen LogP contribution in [0.15, 0.2) is 36.4 Å². The Bertz CT molecular complexity index is 726. The summed E-state index contributed by atoms with van der Waals surface area (Å²) in [4.78, 5) is 0. The molecule has 0 aliphatic carbocycles. The van der Waals surface area contributed by atoms with Crippen LogP contribution in [0.3, 0.4) is 0 Å². The molecule has 0 amide bonds. The van der Waals surface area contributed by atoms with Crippen molar-refractivity contribution < 1.29 is 18.9 Å². The average Bonchev–Trinajstić information content (AvgIpc) is 3.08. The molecule has 1 saturated heterocycles. The van der Waals surface area contributed by atoms with Crippen molar-refractivity contribution in [2.75, 3.05) is 28.4 Å². The number of nitrogens with two attached hydrogens (primary N) is 1. The Balaban J connectivity index is 2.01. The third kappa shape index (κ3) is 3.29. The molecule has 7 nitrogen and oxygen atoms in total. The number of rotatable bonds is 6. The van der Waals surface area contributed by atoms with Crippen LogP contribution in [0.2, 0.25) is 0 Å². The first-order valence-electron chi connectivity index (χ1n) is 8.33. The van der Waals surface area contributed by atoms with E-state index in [2.05, 4.69) is 10.9 Å². The van der Waals surface area contributed by atoms with E-state index in [9.17, 15) is 0 Å². The van der Waals surface area contributed by atoms with Crippen molar-refractivity contribution in [3.63, 3.8) is 0 Å². The van der Waals surface area contributed by atoms with Gasteiger partial charge in [-0.1, -0.05) is 12.1 Å². The second kappa shape index (κ2) is 7.82. The minimum Gasteiger partial charge on any atom is -0.497 e. The maximum atomic E-state index is 6.31. The van der Waals surface area contributed by atoms with Crippen molar-refractivity contribution in [2.45, 2.75) is 18.1 Å². The van der Waals surface area contributed by atoms with Crippen LogP contribution in [-0.2, 0) is 0 Å². The molecule has 0 radical (unpaired) electrons. The summed E-state index contributed by atoms with van der Waals surface area (Å²) < 4.78 is 21.6. The zero-order chi connectivity index (χ0) is 18.7. The van der Waals surface area contributed by atoms with Gasteiger partial charge in [0.1, 0.15) is 5.75 Å². The van der Waals surface area contributed by atoms with E-state index in [-0.39, 0.29) is 18.1 Å². The van der Waals surface area contributed by atoms with Gasteiger partial charge < -0.3 is 24.7 Å². The van der Waals surface area contributed by atoms with E-state index < -0.39 is 0 Å². The summed E-state index contributed by atoms with van der Waals surface area (Å²) in [6.07, 6.45) is -0.243. The topological polar surface area (TPSA) is 87.0 Å². The summed E-state index contributed by atoms with van der Waals surface area (Å²) in [6, 6.07) is 11.8. The molecular weight excluding hydrogens is 334 g/mol. The molecule has 3 rings (SSSR count). The second-order valence-corrected chi connectivity index (χ2v) is 6.05. The smallest absolute Gasteiger partial charge is 0.203 e. The minimum absolute atomic E-state index is 0.0173. The van der Waals surface area contributed by atoms with Crippen molar-refractivity contribution in [3.05, 3.63) is 47.5 Å². The number of nitrogens with one attached hydrogen (secondary N) is 2. The van der Waals surface area contributed by atoms with Gasteiger partial charge in [-0.15, -0.1) is 0 Å². The first-order chi connectivity index (χ1) is 12.6. The lowest BCUT2D eigenvalue weighted by Crippen LogP contribution is -2.38. The zero-order valence-electron chi connectivity index (χ0n) is 15.4. The number of hydrogen-bond donors (Lipinski definition) is 3. The fourth-order valence-electron chi connectivity index (χ4n) is 3.37. The molecule has 0 spiro atoms. The van der Waals surface area contributed by atoms with Crippen LogP contribution < -0.4 is 35.5 Å². The number of benzene rings is 2. The van der Waals surface area contributed by atoms with Crippen LogP contribution in [0.5, 0.6) is 23.0 Å². The quantitative estimate of drug-likeness (QED) is 0.726. The van der Waals surface area contributed by atoms with Gasteiger partial charge in [0.05, 0.1) is 40.6 Å². The molecule has 4 N–H and O–H groups in total. The zero-order valence-corrected chi connectivity index (χ0v) is 15.4. The van der Waals surface area contributed by atoms with E-state index in [4.69, 9.17) is 24.7 Å². The van der Waals surface area contributed by atoms with Crippen LogP contribution >= 0.6 is 0 Å². The number of hydrazine groups is 1. The Labute approximate surface area is 153 Å². The molecule has 3 unspecified atom stereocenters. The summed E-state index contributed by atoms with van der Waals surface area (Å²) in [7, 11) is 6.45. The molecule has 0 saturated carbocycles. The summed E-state index contributed by atoms with van der Waals surface area (Å²) in [5, 5.41) is 0. The normalized spacial score (nSPS) is 22.1. The fourth-order valence-corrected chi connectivity index (χ4v) is 3.37. The Morgan fingerprint density at radius 1 is 0.769 bits per heavy atom. The molecule has 2 aromatic rings. The Morgan fingerprint density at radius 2 is 1.38 bits per heavy atom. The number of methoxy groups -OCH3 is 4. The Morgan fingerprint density at radius 3 is 1.88 bits per heavy atom. The maximum Gasteiger partial charge on any atom is 0.203 e. The lowest BCUT2D eigenvalue weighted by Gasteiger charge is -2.23. The van der Waals surface area contributed by atoms with Crippen molar-refractivity contribution in [2.24, 2.45) is 5.73 Å². The lowest BCUT2D eigenvalue weighted by atomic mass is 9.86. The highest BCUT2D eigenvalue weighted by atomic mass is 16.5. The largest absolute Gasteiger partial charge is 0.497 e. The molecule has 2 aromatic carbocycles. The molecule has 1 aliphatic heterocycles. The van der Waals surface area contributed by atoms with Crippen LogP contribution in [0.25, 0.3) is 0 Å². The predicted molar refractivity (Wildman–Crippen MR) is 98.8 cm³/mol. The van der Waals surface area contributed by atoms with E-state index in [0.717, 1.165) is 16.9 Å². The van der Waals surface area contributed by atoms with Gasteiger partial charge in [-0.3, -0.25) is 0 Å². The highest BCUT2D eigenvalue weighted by Crippen LogP contribution is 2.43. The number of hydrogen-bond acceptors (Lipinski definition) is 7. The summed E-state index contributed by atoms with van der Waals surface area (Å²) in [5.41, 5.74) is 14.8. The van der Waals surface area contributed by atoms with Gasteiger partial charge in [-0.05, 0) is 35.4 Å². The molecular formula is C19H25N3O4. The molecule has 3 atom stereocenters. The summed E-state index contributed by atoms with van der Waals surface area (Å²) in [6.45, 7) is 0. The third-order valence-electron chi connectivity index (χ3n) is 4.70. The van der Waals surface area contributed by atoms with E-state index in [1.54, 1.807) is 28.4 Å². The van der Waals surface area contributed by atoms with Crippen molar-refractivity contribution in [1.82, 2.24) is 10.9 Å². The predicted octanol–water partition coefficient (Wildman–Crippen LogP) is 1.94. The number of ether oxygens (including phenoxy) is 4. The van der Waals surface area contributed by atoms with Crippen LogP contribution in [0.1, 0.15) is 23.1 Å². The highest BCUT2D eigenvalue weighted by molar-refractivity contribution is 5.55. The molecule has 1 aliphatic rings. The summed E-state index contributed by atoms with van der Waals surface area (Å²) in [5.74, 6) is 2.61. The fraction of sp³-hybridized carbons (Fsp3) is 0.368. The maximum absolute atomic E-state index is 6.31. The highest BCUT2D eigenvalue weighted by Gasteiger charge is 2.36. The van der Waals surface area contributed by atoms with Gasteiger partial charge >= 0.3 is 0 Å². The average molecular weight is 359 g/mol.